The van der Waals surface area contributed by atoms with Crippen LogP contribution in [0, 0.1) is 5.41 Å². The summed E-state index contributed by atoms with van der Waals surface area (Å²) in [6, 6.07) is 0. The van der Waals surface area contributed by atoms with Crippen molar-refractivity contribution in [1.29, 1.82) is 0 Å². The first kappa shape index (κ1) is 23.1. The van der Waals surface area contributed by atoms with Gasteiger partial charge >= 0.3 is 0 Å². The van der Waals surface area contributed by atoms with Crippen LogP contribution in [0.15, 0.2) is 0 Å². The Bertz CT molecular complexity index is 30.5. The molecule has 0 nitrogen and oxygen atoms in total. The lowest BCUT2D eigenvalue weighted by Crippen LogP contribution is -1.93. The molecule has 0 saturated heterocycles. The van der Waals surface area contributed by atoms with Crippen LogP contribution < -0.4 is 0 Å². The van der Waals surface area contributed by atoms with E-state index >= 15 is 0 Å². The summed E-state index contributed by atoms with van der Waals surface area (Å²) >= 11 is 0. The van der Waals surface area contributed by atoms with Gasteiger partial charge in [-0.2, -0.15) is 0 Å². The van der Waals surface area contributed by atoms with Crippen LogP contribution in [0.4, 0.5) is 0 Å². The smallest absolute Gasteiger partial charge is 0.0411 e. The summed E-state index contributed by atoms with van der Waals surface area (Å²) < 4.78 is 0. The zero-order chi connectivity index (χ0) is 11.9. The van der Waals surface area contributed by atoms with Gasteiger partial charge in [0.2, 0.25) is 0 Å². The van der Waals surface area contributed by atoms with Gasteiger partial charge in [0.15, 0.2) is 0 Å². The molecule has 13 heavy (non-hydrogen) atoms. The minimum Gasteiger partial charge on any atom is -0.0683 e. The summed E-state index contributed by atoms with van der Waals surface area (Å²) in [5.41, 5.74) is 0.500. The Balaban J connectivity index is -0.0000000446. The highest BCUT2D eigenvalue weighted by molar-refractivity contribution is 4.47. The van der Waals surface area contributed by atoms with Gasteiger partial charge < -0.3 is 0 Å². The van der Waals surface area contributed by atoms with Gasteiger partial charge in [0.25, 0.3) is 0 Å². The van der Waals surface area contributed by atoms with E-state index in [1.807, 2.05) is 13.8 Å². The molecule has 0 rings (SSSR count). The third kappa shape index (κ3) is 0. The van der Waals surface area contributed by atoms with Gasteiger partial charge in [-0.15, -0.1) is 0 Å². The van der Waals surface area contributed by atoms with Crippen LogP contribution in [0.2, 0.25) is 0 Å². The van der Waals surface area contributed by atoms with Crippen molar-refractivity contribution in [3.8, 4) is 0 Å². The first-order chi connectivity index (χ1) is 5.83. The molecule has 86 valence electrons. The van der Waals surface area contributed by atoms with E-state index in [1.165, 1.54) is 12.8 Å². The van der Waals surface area contributed by atoms with E-state index in [1.54, 1.807) is 0 Å². The number of hydrogen-bond donors (Lipinski definition) is 0. The monoisotopic (exact) mass is 190 g/mol. The molecule has 0 unspecified atom stereocenters. The average molecular weight is 190 g/mol. The lowest BCUT2D eigenvalue weighted by Gasteiger charge is -2.05. The Morgan fingerprint density at radius 3 is 0.615 bits per heavy atom. The summed E-state index contributed by atoms with van der Waals surface area (Å²) in [7, 11) is 0. The molecule has 0 atom stereocenters. The second-order valence-electron chi connectivity index (χ2n) is 4.41. The van der Waals surface area contributed by atoms with E-state index in [0.29, 0.717) is 5.41 Å². The van der Waals surface area contributed by atoms with E-state index in [0.717, 1.165) is 0 Å². The van der Waals surface area contributed by atoms with Crippen molar-refractivity contribution < 1.29 is 0 Å². The highest BCUT2D eigenvalue weighted by Gasteiger charge is 1.95. The molecule has 0 bridgehead atoms. The molecule has 0 amide bonds. The van der Waals surface area contributed by atoms with Crippen LogP contribution >= 0.6 is 0 Å². The minimum absolute atomic E-state index is 0.500. The predicted octanol–water partition coefficient (Wildman–Crippen LogP) is 5.91. The summed E-state index contributed by atoms with van der Waals surface area (Å²) in [6.45, 7) is 21.2. The van der Waals surface area contributed by atoms with Gasteiger partial charge in [-0.1, -0.05) is 82.1 Å². The summed E-state index contributed by atoms with van der Waals surface area (Å²) in [6.07, 6.45) is 2.50. The molecule has 0 aliphatic heterocycles. The lowest BCUT2D eigenvalue weighted by atomic mass is 10.0. The molecule has 0 radical (unpaired) electrons. The number of hydrogen-bond acceptors (Lipinski definition) is 0. The third-order valence-electron chi connectivity index (χ3n) is 0. The molecule has 0 aliphatic rings. The molecule has 0 spiro atoms. The second-order valence-corrected chi connectivity index (χ2v) is 4.41. The Kier molecular flexibility index (Phi) is 40.3. The zero-order valence-electron chi connectivity index (χ0n) is 11.9. The van der Waals surface area contributed by atoms with Gasteiger partial charge in [-0.25, -0.2) is 0 Å². The van der Waals surface area contributed by atoms with Crippen LogP contribution in [-0.4, -0.2) is 0 Å². The van der Waals surface area contributed by atoms with Gasteiger partial charge in [0, 0.05) is 0 Å². The fourth-order valence-corrected chi connectivity index (χ4v) is 0. The first-order valence-electron chi connectivity index (χ1n) is 5.83. The van der Waals surface area contributed by atoms with Crippen LogP contribution in [0.5, 0.6) is 0 Å². The first-order valence-corrected chi connectivity index (χ1v) is 5.83. The van der Waals surface area contributed by atoms with E-state index < -0.39 is 0 Å². The maximum atomic E-state index is 2.19. The Morgan fingerprint density at radius 2 is 0.615 bits per heavy atom. The van der Waals surface area contributed by atoms with Crippen molar-refractivity contribution >= 4 is 0 Å². The van der Waals surface area contributed by atoms with Crippen molar-refractivity contribution in [2.75, 3.05) is 0 Å². The van der Waals surface area contributed by atoms with E-state index in [4.69, 9.17) is 0 Å². The molecule has 0 heterocycles. The molecule has 0 fully saturated rings. The molecular formula is C13H34. The molecular weight excluding hydrogens is 156 g/mol. The maximum Gasteiger partial charge on any atom is -0.0411 e. The van der Waals surface area contributed by atoms with Crippen LogP contribution in [0.1, 0.15) is 82.1 Å². The molecule has 0 heteroatoms. The summed E-state index contributed by atoms with van der Waals surface area (Å²) in [5, 5.41) is 0. The van der Waals surface area contributed by atoms with Crippen LogP contribution in [-0.2, 0) is 0 Å². The zero-order valence-corrected chi connectivity index (χ0v) is 11.9. The Morgan fingerprint density at radius 1 is 0.615 bits per heavy atom. The Labute approximate surface area is 88.1 Å². The second kappa shape index (κ2) is 22.7. The maximum absolute atomic E-state index is 2.19. The highest BCUT2D eigenvalue weighted by Crippen LogP contribution is 2.07. The van der Waals surface area contributed by atoms with Gasteiger partial charge in [-0.3, -0.25) is 0 Å². The summed E-state index contributed by atoms with van der Waals surface area (Å²) in [5.74, 6) is 0. The van der Waals surface area contributed by atoms with E-state index in [2.05, 4.69) is 55.4 Å². The van der Waals surface area contributed by atoms with Crippen molar-refractivity contribution in [2.45, 2.75) is 82.1 Å². The topological polar surface area (TPSA) is 0 Å². The lowest BCUT2D eigenvalue weighted by molar-refractivity contribution is 0.469. The quantitative estimate of drug-likeness (QED) is 0.445. The van der Waals surface area contributed by atoms with Gasteiger partial charge in [0.1, 0.15) is 0 Å². The highest BCUT2D eigenvalue weighted by atomic mass is 14.0. The van der Waals surface area contributed by atoms with Gasteiger partial charge in [-0.05, 0) is 5.41 Å². The van der Waals surface area contributed by atoms with Gasteiger partial charge in [0.05, 0.1) is 0 Å². The normalized spacial score (nSPS) is 7.85. The average Bonchev–Trinajstić information content (AvgIpc) is 1.90. The van der Waals surface area contributed by atoms with Crippen LogP contribution in [0.3, 0.4) is 0 Å². The fourth-order valence-electron chi connectivity index (χ4n) is 0. The van der Waals surface area contributed by atoms with Crippen molar-refractivity contribution in [2.24, 2.45) is 5.41 Å². The van der Waals surface area contributed by atoms with E-state index in [-0.39, 0.29) is 0 Å². The molecule has 0 aromatic carbocycles. The summed E-state index contributed by atoms with van der Waals surface area (Å²) in [4.78, 5) is 0. The van der Waals surface area contributed by atoms with Crippen molar-refractivity contribution in [3.63, 3.8) is 0 Å². The molecule has 0 aromatic heterocycles. The van der Waals surface area contributed by atoms with Crippen molar-refractivity contribution in [1.82, 2.24) is 0 Å². The van der Waals surface area contributed by atoms with Crippen molar-refractivity contribution in [3.05, 3.63) is 0 Å². The molecule has 0 aromatic rings. The third-order valence-corrected chi connectivity index (χ3v) is 0. The van der Waals surface area contributed by atoms with Crippen LogP contribution in [0.25, 0.3) is 0 Å². The standard InChI is InChI=1S/C5H12.2C3H8.C2H6/c1-5(2,3)4;2*1-3-2;1-2/h1-4H3;2*3H2,1-2H3;1-2H3. The molecule has 0 aliphatic carbocycles. The van der Waals surface area contributed by atoms with E-state index in [9.17, 15) is 0 Å². The minimum atomic E-state index is 0.500. The largest absolute Gasteiger partial charge is 0.0683 e. The molecule has 0 saturated carbocycles. The fraction of sp³-hybridized carbons (Fsp3) is 1.00. The SMILES string of the molecule is CC.CC(C)(C)C.CCC.CCC. The Hall–Kier alpha value is 0. The predicted molar refractivity (Wildman–Crippen MR) is 68.4 cm³/mol. The molecule has 0 N–H and O–H groups in total. The number of rotatable bonds is 0.